The van der Waals surface area contributed by atoms with Crippen LogP contribution in [-0.2, 0) is 28.8 Å². The largest absolute Gasteiger partial charge is 0.448 e. The van der Waals surface area contributed by atoms with E-state index in [0.717, 1.165) is 22.5 Å². The number of β-lactam (4-membered cyclic amide) rings is 1. The summed E-state index contributed by atoms with van der Waals surface area (Å²) in [6.07, 6.45) is -0.761. The number of fused-ring (bicyclic) bond motifs is 1. The fraction of sp³-hybridized carbons (Fsp3) is 0.281. The summed E-state index contributed by atoms with van der Waals surface area (Å²) in [6.45, 7) is 3.74. The molecule has 0 radical (unpaired) electrons. The second kappa shape index (κ2) is 16.5. The molecule has 2 aromatic heterocycles. The monoisotopic (exact) mass is 767 g/mol. The first kappa shape index (κ1) is 36.0. The zero-order valence-corrected chi connectivity index (χ0v) is 30.2. The van der Waals surface area contributed by atoms with E-state index in [0.29, 0.717) is 16.5 Å². The second-order valence-electron chi connectivity index (χ2n) is 10.9. The highest BCUT2D eigenvalue weighted by atomic mass is 35.5. The lowest BCUT2D eigenvalue weighted by Crippen LogP contribution is -2.71. The van der Waals surface area contributed by atoms with Gasteiger partial charge in [0, 0.05) is 16.4 Å². The Morgan fingerprint density at radius 1 is 1.14 bits per heavy atom. The van der Waals surface area contributed by atoms with E-state index in [-0.39, 0.29) is 40.0 Å². The van der Waals surface area contributed by atoms with Gasteiger partial charge in [-0.05, 0) is 35.8 Å². The zero-order chi connectivity index (χ0) is 35.9. The summed E-state index contributed by atoms with van der Waals surface area (Å²) < 4.78 is 6.25. The van der Waals surface area contributed by atoms with Crippen LogP contribution in [0.3, 0.4) is 0 Å². The predicted molar refractivity (Wildman–Crippen MR) is 192 cm³/mol. The van der Waals surface area contributed by atoms with Gasteiger partial charge >= 0.3 is 5.97 Å². The molecule has 4 aromatic rings. The number of carbonyl (C=O) groups is 4. The van der Waals surface area contributed by atoms with E-state index in [1.807, 2.05) is 67.6 Å². The minimum Gasteiger partial charge on any atom is -0.448 e. The van der Waals surface area contributed by atoms with E-state index in [1.54, 1.807) is 6.92 Å². The number of esters is 1. The average Bonchev–Trinajstić information content (AvgIpc) is 3.85. The highest BCUT2D eigenvalue weighted by molar-refractivity contribution is 8.01. The Labute approximate surface area is 309 Å². The Balaban J connectivity index is 1.28. The van der Waals surface area contributed by atoms with Gasteiger partial charge in [-0.25, -0.2) is 9.78 Å². The topological polar surface area (TPSA) is 194 Å². The Morgan fingerprint density at radius 3 is 2.47 bits per heavy atom. The van der Waals surface area contributed by atoms with Crippen LogP contribution >= 0.6 is 46.5 Å². The molecule has 1 saturated heterocycles. The number of benzene rings is 2. The van der Waals surface area contributed by atoms with Crippen molar-refractivity contribution >= 4 is 81.0 Å². The number of oxime groups is 1. The number of nitrogens with one attached hydrogen (secondary N) is 3. The van der Waals surface area contributed by atoms with E-state index in [4.69, 9.17) is 21.2 Å². The van der Waals surface area contributed by atoms with Gasteiger partial charge < -0.3 is 20.2 Å². The van der Waals surface area contributed by atoms with Crippen LogP contribution in [0.25, 0.3) is 0 Å². The van der Waals surface area contributed by atoms with Crippen LogP contribution in [0.15, 0.2) is 87.6 Å². The van der Waals surface area contributed by atoms with Crippen LogP contribution < -0.4 is 10.6 Å². The third-order valence-corrected chi connectivity index (χ3v) is 10.9. The van der Waals surface area contributed by atoms with Gasteiger partial charge in [0.1, 0.15) is 35.3 Å². The Morgan fingerprint density at radius 2 is 1.84 bits per heavy atom. The molecule has 2 aliphatic heterocycles. The summed E-state index contributed by atoms with van der Waals surface area (Å²) in [5.41, 5.74) is 2.18. The maximum Gasteiger partial charge on any atom is 0.356 e. The molecule has 0 aliphatic carbocycles. The number of hydrogen-bond acceptors (Lipinski definition) is 14. The van der Waals surface area contributed by atoms with Crippen LogP contribution in [-0.4, -0.2) is 94.8 Å². The molecule has 4 heterocycles. The standard InChI is InChI=1S/C32H30ClN9O6S3/c1-3-47-39-23(21-16-50-31(34-21)35-22(43)14-33)27(44)36-24-28(45)42-25(20(15-49-29(24)42)17(2)51-32-37-40-41-38-32)30(46)48-26(18-10-6-4-7-11-18)19-12-8-5-9-13-19/h4-13,16-17,24,26,29H,3,14-15H2,1-2H3,(H,36,44)(H,34,35,43)(H,37,38,40,41)/t17?,24-,29-/m1/s1. The van der Waals surface area contributed by atoms with Crippen molar-refractivity contribution in [2.75, 3.05) is 23.6 Å². The van der Waals surface area contributed by atoms with Crippen molar-refractivity contribution in [3.63, 3.8) is 0 Å². The molecule has 1 unspecified atom stereocenters. The van der Waals surface area contributed by atoms with Gasteiger partial charge in [0.2, 0.25) is 11.1 Å². The van der Waals surface area contributed by atoms with E-state index >= 15 is 0 Å². The van der Waals surface area contributed by atoms with Crippen molar-refractivity contribution < 1.29 is 28.8 Å². The van der Waals surface area contributed by atoms with Crippen molar-refractivity contribution in [1.82, 2.24) is 35.8 Å². The molecule has 6 rings (SSSR count). The number of carbonyl (C=O) groups excluding carboxylic acids is 4. The van der Waals surface area contributed by atoms with E-state index in [2.05, 4.69) is 41.4 Å². The van der Waals surface area contributed by atoms with Crippen LogP contribution in [0.5, 0.6) is 0 Å². The number of rotatable bonds is 14. The quantitative estimate of drug-likeness (QED) is 0.0421. The molecule has 15 nitrogen and oxygen atoms in total. The first-order valence-corrected chi connectivity index (χ1v) is 18.8. The number of halogens is 1. The summed E-state index contributed by atoms with van der Waals surface area (Å²) in [5, 5.41) is 24.4. The fourth-order valence-electron chi connectivity index (χ4n) is 5.26. The number of nitrogens with zero attached hydrogens (tertiary/aromatic N) is 6. The number of hydrogen-bond donors (Lipinski definition) is 3. The summed E-state index contributed by atoms with van der Waals surface area (Å²) >= 11 is 9.32. The molecule has 0 spiro atoms. The summed E-state index contributed by atoms with van der Waals surface area (Å²) in [4.78, 5) is 64.5. The summed E-state index contributed by atoms with van der Waals surface area (Å²) in [5.74, 6) is -2.33. The molecule has 0 bridgehead atoms. The van der Waals surface area contributed by atoms with Gasteiger partial charge in [0.05, 0.1) is 0 Å². The van der Waals surface area contributed by atoms with Gasteiger partial charge in [0.15, 0.2) is 16.9 Å². The minimum absolute atomic E-state index is 0.0944. The molecule has 1 fully saturated rings. The molecule has 3 N–H and O–H groups in total. The Bertz CT molecular complexity index is 1910. The maximum atomic E-state index is 14.3. The number of alkyl halides is 1. The molecule has 3 amide bonds. The maximum absolute atomic E-state index is 14.3. The summed E-state index contributed by atoms with van der Waals surface area (Å²) in [7, 11) is 0. The molecule has 51 heavy (non-hydrogen) atoms. The van der Waals surface area contributed by atoms with E-state index in [9.17, 15) is 19.2 Å². The molecule has 0 saturated carbocycles. The van der Waals surface area contributed by atoms with Crippen LogP contribution in [0, 0.1) is 0 Å². The van der Waals surface area contributed by atoms with Crippen molar-refractivity contribution in [1.29, 1.82) is 0 Å². The Hall–Kier alpha value is -4.78. The Kier molecular flexibility index (Phi) is 11.7. The van der Waals surface area contributed by atoms with Gasteiger partial charge in [-0.15, -0.1) is 44.9 Å². The highest BCUT2D eigenvalue weighted by Gasteiger charge is 2.55. The SMILES string of the molecule is CCON=C(C(=O)N[C@@H]1C(=O)N2C(C(=O)OC(c3ccccc3)c3ccccc3)=C(C(C)Sc3nn[nH]n3)CS[C@H]12)c1csc(NC(=O)CCl)n1. The lowest BCUT2D eigenvalue weighted by atomic mass is 10.00. The summed E-state index contributed by atoms with van der Waals surface area (Å²) in [6, 6.07) is 17.7. The van der Waals surface area contributed by atoms with Gasteiger partial charge in [-0.1, -0.05) is 77.6 Å². The first-order valence-electron chi connectivity index (χ1n) is 15.5. The first-order chi connectivity index (χ1) is 24.8. The van der Waals surface area contributed by atoms with Crippen LogP contribution in [0.1, 0.15) is 36.8 Å². The highest BCUT2D eigenvalue weighted by Crippen LogP contribution is 2.44. The van der Waals surface area contributed by atoms with Gasteiger partial charge in [-0.2, -0.15) is 5.21 Å². The average molecular weight is 768 g/mol. The van der Waals surface area contributed by atoms with Crippen LogP contribution in [0.4, 0.5) is 5.13 Å². The number of thiazole rings is 1. The number of aromatic nitrogens is 5. The molecular formula is C32H30ClN9O6S3. The molecular weight excluding hydrogens is 738 g/mol. The number of amides is 3. The number of thioether (sulfide) groups is 2. The zero-order valence-electron chi connectivity index (χ0n) is 27.0. The fourth-order valence-corrected chi connectivity index (χ4v) is 8.45. The van der Waals surface area contributed by atoms with Crippen molar-refractivity contribution in [2.45, 2.75) is 41.8 Å². The lowest BCUT2D eigenvalue weighted by molar-refractivity contribution is -0.154. The molecule has 3 atom stereocenters. The van der Waals surface area contributed by atoms with E-state index < -0.39 is 41.2 Å². The number of H-pyrrole nitrogens is 1. The van der Waals surface area contributed by atoms with Crippen LogP contribution in [0.2, 0.25) is 0 Å². The molecule has 2 aliphatic rings. The molecule has 2 aromatic carbocycles. The predicted octanol–water partition coefficient (Wildman–Crippen LogP) is 3.74. The van der Waals surface area contributed by atoms with Gasteiger partial charge in [-0.3, -0.25) is 19.3 Å². The second-order valence-corrected chi connectivity index (χ2v) is 14.4. The number of aromatic amines is 1. The lowest BCUT2D eigenvalue weighted by Gasteiger charge is -2.50. The molecule has 19 heteroatoms. The van der Waals surface area contributed by atoms with E-state index in [1.165, 1.54) is 33.8 Å². The molecule has 264 valence electrons. The third-order valence-electron chi connectivity index (χ3n) is 7.62. The third kappa shape index (κ3) is 8.08. The smallest absolute Gasteiger partial charge is 0.356 e. The van der Waals surface area contributed by atoms with Crippen molar-refractivity contribution in [3.8, 4) is 0 Å². The van der Waals surface area contributed by atoms with Gasteiger partial charge in [0.25, 0.3) is 11.8 Å². The number of tetrazole rings is 1. The minimum atomic E-state index is -1.01. The van der Waals surface area contributed by atoms with Crippen molar-refractivity contribution in [2.24, 2.45) is 5.16 Å². The number of ether oxygens (including phenoxy) is 1. The normalized spacial score (nSPS) is 17.8. The number of anilines is 1. The van der Waals surface area contributed by atoms with Crippen molar-refractivity contribution in [3.05, 3.63) is 94.1 Å².